The molecule has 2 aromatic carbocycles. The number of aromatic amines is 1. The van der Waals surface area contributed by atoms with Crippen molar-refractivity contribution in [2.24, 2.45) is 5.10 Å². The van der Waals surface area contributed by atoms with Gasteiger partial charge in [0.2, 0.25) is 23.8 Å². The van der Waals surface area contributed by atoms with Crippen LogP contribution >= 0.6 is 11.8 Å². The van der Waals surface area contributed by atoms with E-state index in [1.54, 1.807) is 6.21 Å². The molecule has 15 heteroatoms. The summed E-state index contributed by atoms with van der Waals surface area (Å²) in [5.74, 6) is 2.12. The number of nitrogens with one attached hydrogen (secondary N) is 6. The normalized spacial score (nSPS) is 20.6. The van der Waals surface area contributed by atoms with Crippen LogP contribution in [0.5, 0.6) is 0 Å². The molecule has 2 aromatic heterocycles. The molecule has 4 aromatic rings. The van der Waals surface area contributed by atoms with Crippen molar-refractivity contribution in [3.63, 3.8) is 0 Å². The first kappa shape index (κ1) is 30.7. The third-order valence-corrected chi connectivity index (χ3v) is 9.92. The lowest BCUT2D eigenvalue weighted by Gasteiger charge is -2.27. The summed E-state index contributed by atoms with van der Waals surface area (Å²) in [5.41, 5.74) is 6.42. The second kappa shape index (κ2) is 14.3. The molecule has 3 saturated heterocycles. The Bertz CT molecular complexity index is 1740. The van der Waals surface area contributed by atoms with E-state index in [1.165, 1.54) is 0 Å². The molecular weight excluding hydrogens is 618 g/mol. The summed E-state index contributed by atoms with van der Waals surface area (Å²) in [4.78, 5) is 43.3. The van der Waals surface area contributed by atoms with Gasteiger partial charge in [-0.3, -0.25) is 4.79 Å². The number of urea groups is 1. The summed E-state index contributed by atoms with van der Waals surface area (Å²) in [5, 5.41) is 18.1. The van der Waals surface area contributed by atoms with Gasteiger partial charge < -0.3 is 35.9 Å². The molecule has 0 spiro atoms. The number of hydrogen-bond donors (Lipinski definition) is 6. The van der Waals surface area contributed by atoms with Crippen LogP contribution in [0.3, 0.4) is 0 Å². The average molecular weight is 656 g/mol. The lowest BCUT2D eigenvalue weighted by Crippen LogP contribution is -2.37. The number of fused-ring (bicyclic) bond motifs is 2. The molecule has 6 N–H and O–H groups in total. The number of hydrazone groups is 1. The monoisotopic (exact) mass is 655 g/mol. The highest BCUT2D eigenvalue weighted by Crippen LogP contribution is 2.33. The Kier molecular flexibility index (Phi) is 9.33. The van der Waals surface area contributed by atoms with E-state index in [0.717, 1.165) is 47.2 Å². The summed E-state index contributed by atoms with van der Waals surface area (Å²) in [7, 11) is 0. The van der Waals surface area contributed by atoms with Crippen LogP contribution in [0.1, 0.15) is 31.2 Å². The number of amides is 3. The van der Waals surface area contributed by atoms with Crippen molar-refractivity contribution in [2.45, 2.75) is 43.0 Å². The van der Waals surface area contributed by atoms with E-state index < -0.39 is 0 Å². The molecule has 14 nitrogen and oxygen atoms in total. The van der Waals surface area contributed by atoms with Crippen LogP contribution in [-0.2, 0) is 9.53 Å². The van der Waals surface area contributed by atoms with Crippen LogP contribution in [-0.4, -0.2) is 87.5 Å². The number of carbonyl (C=O) groups excluding carboxylic acids is 2. The fourth-order valence-electron chi connectivity index (χ4n) is 6.00. The standard InChI is InChI=1S/C32H37N11O3S/c44-27(8-4-3-7-26-28-25(19-47-26)37-32(45)38-28)35-21-9-11-22(12-10-21)36-29-39-30(41-31(40-29)43-13-15-46-16-14-43)42-34-18-20-17-33-24-6-2-1-5-23(20)24/h1-2,5-6,9-12,17-18,25-26,28,33H,3-4,7-8,13-16,19H2,(H,35,44)(H2,37,38,45)(H2,36,39,40,41,42)/b34-18+/t25-,26-,28-/m0/s1. The molecule has 0 radical (unpaired) electrons. The number of nitrogens with zero attached hydrogens (tertiary/aromatic N) is 5. The van der Waals surface area contributed by atoms with Crippen LogP contribution in [0.2, 0.25) is 0 Å². The molecule has 3 amide bonds. The molecule has 244 valence electrons. The average Bonchev–Trinajstić information content (AvgIpc) is 3.79. The molecule has 0 bridgehead atoms. The number of morpholine rings is 1. The number of para-hydroxylation sites is 1. The lowest BCUT2D eigenvalue weighted by atomic mass is 10.0. The minimum absolute atomic E-state index is 0.0185. The van der Waals surface area contributed by atoms with Gasteiger partial charge in [-0.2, -0.15) is 31.8 Å². The van der Waals surface area contributed by atoms with E-state index in [1.807, 2.05) is 66.5 Å². The van der Waals surface area contributed by atoms with Gasteiger partial charge in [0.1, 0.15) is 0 Å². The van der Waals surface area contributed by atoms with E-state index in [0.29, 0.717) is 61.5 Å². The fourth-order valence-corrected chi connectivity index (χ4v) is 7.54. The van der Waals surface area contributed by atoms with E-state index in [-0.39, 0.29) is 24.0 Å². The number of unbranched alkanes of at least 4 members (excludes halogenated alkanes) is 1. The van der Waals surface area contributed by atoms with Gasteiger partial charge in [-0.05, 0) is 43.2 Å². The number of ether oxygens (including phenoxy) is 1. The van der Waals surface area contributed by atoms with Crippen molar-refractivity contribution in [3.8, 4) is 0 Å². The van der Waals surface area contributed by atoms with Gasteiger partial charge in [-0.15, -0.1) is 0 Å². The molecule has 0 aliphatic carbocycles. The smallest absolute Gasteiger partial charge is 0.315 e. The zero-order valence-corrected chi connectivity index (χ0v) is 26.6. The third-order valence-electron chi connectivity index (χ3n) is 8.41. The predicted molar refractivity (Wildman–Crippen MR) is 185 cm³/mol. The van der Waals surface area contributed by atoms with E-state index in [4.69, 9.17) is 4.74 Å². The number of carbonyl (C=O) groups is 2. The van der Waals surface area contributed by atoms with Crippen LogP contribution in [0.25, 0.3) is 10.9 Å². The highest BCUT2D eigenvalue weighted by Gasteiger charge is 2.42. The molecule has 0 unspecified atom stereocenters. The molecule has 5 heterocycles. The number of anilines is 5. The van der Waals surface area contributed by atoms with Crippen LogP contribution in [0.15, 0.2) is 59.8 Å². The van der Waals surface area contributed by atoms with Gasteiger partial charge in [0, 0.05) is 64.6 Å². The van der Waals surface area contributed by atoms with Crippen molar-refractivity contribution < 1.29 is 14.3 Å². The number of aromatic nitrogens is 4. The molecule has 3 fully saturated rings. The lowest BCUT2D eigenvalue weighted by molar-refractivity contribution is -0.116. The maximum atomic E-state index is 12.6. The minimum Gasteiger partial charge on any atom is -0.378 e. The third kappa shape index (κ3) is 7.58. The summed E-state index contributed by atoms with van der Waals surface area (Å²) in [6.45, 7) is 2.54. The van der Waals surface area contributed by atoms with E-state index in [2.05, 4.69) is 56.6 Å². The SMILES string of the molecule is O=C(CCCC[C@@H]1SC[C@@H]2NC(=O)N[C@@H]21)Nc1ccc(Nc2nc(N/N=C/c3c[nH]c4ccccc34)nc(N3CCOCC3)n2)cc1. The van der Waals surface area contributed by atoms with Crippen molar-refractivity contribution in [3.05, 3.63) is 60.3 Å². The maximum absolute atomic E-state index is 12.6. The Hall–Kier alpha value is -4.89. The zero-order chi connectivity index (χ0) is 32.0. The molecule has 3 atom stereocenters. The molecule has 3 aliphatic heterocycles. The molecule has 47 heavy (non-hydrogen) atoms. The van der Waals surface area contributed by atoms with Crippen LogP contribution < -0.4 is 31.6 Å². The predicted octanol–water partition coefficient (Wildman–Crippen LogP) is 4.04. The van der Waals surface area contributed by atoms with Crippen molar-refractivity contribution in [1.82, 2.24) is 30.6 Å². The topological polar surface area (TPSA) is 174 Å². The Morgan fingerprint density at radius 2 is 1.83 bits per heavy atom. The quantitative estimate of drug-likeness (QED) is 0.0566. The maximum Gasteiger partial charge on any atom is 0.315 e. The first-order chi connectivity index (χ1) is 23.1. The number of H-pyrrole nitrogens is 1. The molecular formula is C32H37N11O3S. The van der Waals surface area contributed by atoms with E-state index >= 15 is 0 Å². The minimum atomic E-state index is -0.0680. The van der Waals surface area contributed by atoms with Gasteiger partial charge >= 0.3 is 6.03 Å². The number of rotatable bonds is 12. The molecule has 0 saturated carbocycles. The Morgan fingerprint density at radius 3 is 2.70 bits per heavy atom. The van der Waals surface area contributed by atoms with Crippen molar-refractivity contribution >= 4 is 70.0 Å². The Labute approximate surface area is 275 Å². The highest BCUT2D eigenvalue weighted by molar-refractivity contribution is 8.00. The van der Waals surface area contributed by atoms with Crippen molar-refractivity contribution in [2.75, 3.05) is 53.0 Å². The largest absolute Gasteiger partial charge is 0.378 e. The van der Waals surface area contributed by atoms with Gasteiger partial charge in [0.25, 0.3) is 0 Å². The Balaban J connectivity index is 0.939. The van der Waals surface area contributed by atoms with Crippen molar-refractivity contribution in [1.29, 1.82) is 0 Å². The molecule has 7 rings (SSSR count). The first-order valence-electron chi connectivity index (χ1n) is 15.9. The van der Waals surface area contributed by atoms with E-state index in [9.17, 15) is 9.59 Å². The number of thioether (sulfide) groups is 1. The number of hydrogen-bond acceptors (Lipinski definition) is 11. The Morgan fingerprint density at radius 1 is 1.02 bits per heavy atom. The number of benzene rings is 2. The summed E-state index contributed by atoms with van der Waals surface area (Å²) >= 11 is 1.90. The molecule has 3 aliphatic rings. The van der Waals surface area contributed by atoms with Crippen LogP contribution in [0.4, 0.5) is 34.0 Å². The van der Waals surface area contributed by atoms with Crippen LogP contribution in [0, 0.1) is 0 Å². The van der Waals surface area contributed by atoms with Gasteiger partial charge in [-0.1, -0.05) is 24.6 Å². The van der Waals surface area contributed by atoms with Gasteiger partial charge in [0.15, 0.2) is 0 Å². The fraction of sp³-hybridized carbons (Fsp3) is 0.375. The second-order valence-corrected chi connectivity index (χ2v) is 12.9. The van der Waals surface area contributed by atoms with Gasteiger partial charge in [-0.25, -0.2) is 10.2 Å². The second-order valence-electron chi connectivity index (χ2n) is 11.7. The zero-order valence-electron chi connectivity index (χ0n) is 25.7. The highest BCUT2D eigenvalue weighted by atomic mass is 32.2. The summed E-state index contributed by atoms with van der Waals surface area (Å²) < 4.78 is 5.51. The first-order valence-corrected chi connectivity index (χ1v) is 16.9. The summed E-state index contributed by atoms with van der Waals surface area (Å²) in [6.07, 6.45) is 6.81. The summed E-state index contributed by atoms with van der Waals surface area (Å²) in [6, 6.07) is 15.8. The van der Waals surface area contributed by atoms with Gasteiger partial charge in [0.05, 0.1) is 31.5 Å².